The van der Waals surface area contributed by atoms with Crippen LogP contribution in [0.15, 0.2) is 66.7 Å². The van der Waals surface area contributed by atoms with Crippen LogP contribution in [0.5, 0.6) is 0 Å². The van der Waals surface area contributed by atoms with Crippen molar-refractivity contribution in [3.63, 3.8) is 0 Å². The van der Waals surface area contributed by atoms with Gasteiger partial charge >= 0.3 is 41.8 Å². The molecule has 15 N–H and O–H groups in total. The summed E-state index contributed by atoms with van der Waals surface area (Å²) in [4.78, 5) is 173. The van der Waals surface area contributed by atoms with Crippen molar-refractivity contribution in [2.24, 2.45) is 17.8 Å². The summed E-state index contributed by atoms with van der Waals surface area (Å²) >= 11 is 0. The molecule has 562 valence electrons. The first-order valence-electron chi connectivity index (χ1n) is 34.7. The number of carboxylic acids is 7. The first-order chi connectivity index (χ1) is 48.5. The molecule has 1 saturated heterocycles. The Labute approximate surface area is 592 Å². The molecular formula is C70H102N12O20. The second-order valence-corrected chi connectivity index (χ2v) is 26.7. The second kappa shape index (κ2) is 43.6. The molecule has 0 bridgehead atoms. The topological polar surface area (TPSA) is 473 Å². The summed E-state index contributed by atoms with van der Waals surface area (Å²) in [5, 5.41) is 91.1. The third-order valence-corrected chi connectivity index (χ3v) is 18.1. The van der Waals surface area contributed by atoms with Crippen LogP contribution in [0.2, 0.25) is 0 Å². The number of carbonyl (C=O) groups is 13. The number of fused-ring (bicyclic) bond motifs is 1. The highest BCUT2D eigenvalue weighted by Crippen LogP contribution is 2.29. The highest BCUT2D eigenvalue weighted by Gasteiger charge is 2.33. The lowest BCUT2D eigenvalue weighted by Crippen LogP contribution is -2.54. The van der Waals surface area contributed by atoms with Crippen molar-refractivity contribution >= 4 is 88.0 Å². The molecule has 5 rings (SSSR count). The maximum atomic E-state index is 14.4. The van der Waals surface area contributed by atoms with E-state index in [1.807, 2.05) is 54.6 Å². The van der Waals surface area contributed by atoms with Crippen LogP contribution in [0.25, 0.3) is 10.8 Å². The minimum atomic E-state index is -1.53. The molecule has 3 aromatic carbocycles. The number of benzene rings is 3. The molecule has 2 aliphatic rings. The fourth-order valence-electron chi connectivity index (χ4n) is 12.3. The van der Waals surface area contributed by atoms with E-state index in [9.17, 15) is 93.0 Å². The molecule has 32 heteroatoms. The second-order valence-electron chi connectivity index (χ2n) is 26.7. The summed E-state index contributed by atoms with van der Waals surface area (Å²) in [5.74, 6) is -13.2. The molecular weight excluding hydrogens is 1330 g/mol. The van der Waals surface area contributed by atoms with E-state index < -0.39 is 139 Å². The van der Waals surface area contributed by atoms with Gasteiger partial charge in [-0.2, -0.15) is 0 Å². The number of nitrogens with zero attached hydrogens (tertiary/aromatic N) is 4. The van der Waals surface area contributed by atoms with Gasteiger partial charge in [0.25, 0.3) is 0 Å². The lowest BCUT2D eigenvalue weighted by atomic mass is 9.81. The van der Waals surface area contributed by atoms with Crippen LogP contribution < -0.4 is 42.5 Å². The maximum absolute atomic E-state index is 14.4. The summed E-state index contributed by atoms with van der Waals surface area (Å²) in [6.45, 7) is 4.86. The summed E-state index contributed by atoms with van der Waals surface area (Å²) in [5.41, 5.74) is 2.48. The number of hydrogen-bond acceptors (Lipinski definition) is 19. The molecule has 6 amide bonds. The normalized spacial score (nSPS) is 17.7. The van der Waals surface area contributed by atoms with E-state index >= 15 is 0 Å². The van der Waals surface area contributed by atoms with Crippen LogP contribution in [0.4, 0.5) is 0 Å². The third kappa shape index (κ3) is 31.4. The van der Waals surface area contributed by atoms with Crippen molar-refractivity contribution in [3.05, 3.63) is 83.4 Å². The van der Waals surface area contributed by atoms with Crippen LogP contribution in [0.3, 0.4) is 0 Å². The predicted octanol–water partition coefficient (Wildman–Crippen LogP) is 0.412. The van der Waals surface area contributed by atoms with E-state index in [0.29, 0.717) is 50.0 Å². The van der Waals surface area contributed by atoms with E-state index in [4.69, 9.17) is 5.11 Å². The van der Waals surface area contributed by atoms with E-state index in [2.05, 4.69) is 56.4 Å². The number of aliphatic carboxylic acids is 7. The number of carbonyl (C=O) groups excluding carboxylic acids is 6. The van der Waals surface area contributed by atoms with Crippen molar-refractivity contribution in [3.8, 4) is 0 Å². The molecule has 1 aliphatic carbocycles. The fourth-order valence-corrected chi connectivity index (χ4v) is 12.3. The van der Waals surface area contributed by atoms with Gasteiger partial charge in [0.05, 0.1) is 38.5 Å². The standard InChI is InChI=1S/C70H102N12O20/c1-44(2)34-46-11-16-49(17-12-46)45(3)64(94)77-57(37-60(86)87)68(98)72-25-23-53(76-58(83)39-79-26-28-80(40-61(88)89)30-32-82(42-63(92)93)33-31-81(29-27-79)41-62(90)91)66(96)73-38-47-13-19-51(20-14-47)65(95)78-56(36-48-15-18-50-8-4-5-9-52(50)35-48)67(97)71-24-7-6-10-54(69(99)100)74-43-75-55(70(101)102)21-22-59(84)85/h4-5,8-9,11-12,15-18,35,44-45,47,51,53-57,74-75H,6-7,10,13-14,19-34,36-43H2,1-3H3,(H,71,97)(H,72,98)(H,73,96)(H,76,83)(H,77,94)(H,78,95)(H,84,85)(H,86,87)(H,88,89)(H,90,91)(H,92,93)(H,99,100)(H,101,102). The molecule has 32 nitrogen and oxygen atoms in total. The summed E-state index contributed by atoms with van der Waals surface area (Å²) in [6, 6.07) is 14.6. The first kappa shape index (κ1) is 83.5. The molecule has 2 fully saturated rings. The predicted molar refractivity (Wildman–Crippen MR) is 372 cm³/mol. The van der Waals surface area contributed by atoms with Gasteiger partial charge in [-0.1, -0.05) is 80.6 Å². The Balaban J connectivity index is 1.26. The Morgan fingerprint density at radius 2 is 0.961 bits per heavy atom. The zero-order valence-corrected chi connectivity index (χ0v) is 58.3. The number of rotatable bonds is 42. The molecule has 1 saturated carbocycles. The maximum Gasteiger partial charge on any atom is 0.320 e. The number of carboxylic acid groups (broad SMARTS) is 7. The van der Waals surface area contributed by atoms with Gasteiger partial charge in [0.2, 0.25) is 35.4 Å². The molecule has 102 heavy (non-hydrogen) atoms. The molecule has 0 aromatic heterocycles. The molecule has 1 aliphatic heterocycles. The van der Waals surface area contributed by atoms with E-state index in [1.165, 1.54) is 0 Å². The van der Waals surface area contributed by atoms with Crippen molar-refractivity contribution < 1.29 is 98.1 Å². The van der Waals surface area contributed by atoms with Crippen LogP contribution in [-0.2, 0) is 75.2 Å². The number of unbranched alkanes of at least 4 members (excludes halogenated alkanes) is 1. The minimum Gasteiger partial charge on any atom is -0.481 e. The summed E-state index contributed by atoms with van der Waals surface area (Å²) < 4.78 is 0. The first-order valence-corrected chi connectivity index (χ1v) is 34.7. The van der Waals surface area contributed by atoms with Gasteiger partial charge < -0.3 is 67.6 Å². The van der Waals surface area contributed by atoms with Gasteiger partial charge in [-0.25, -0.2) is 0 Å². The average molecular weight is 1430 g/mol. The molecule has 1 heterocycles. The SMILES string of the molecule is CC(C)Cc1ccc(C(C)C(=O)NC(CC(=O)O)C(=O)NCCC(NC(=O)CN2CCN(CC(=O)O)CCN(CC(=O)O)CCN(CC(=O)O)CC2)C(=O)NCC2CCC(C(=O)NC(Cc3ccc4ccccc4c3)C(=O)NCCCCC(NCNC(CCC(=O)O)C(=O)O)C(=O)O)CC2)cc1. The quantitative estimate of drug-likeness (QED) is 0.0270. The van der Waals surface area contributed by atoms with Crippen LogP contribution in [0, 0.1) is 17.8 Å². The van der Waals surface area contributed by atoms with Crippen molar-refractivity contribution in [1.29, 1.82) is 0 Å². The van der Waals surface area contributed by atoms with Crippen molar-refractivity contribution in [1.82, 2.24) is 62.1 Å². The van der Waals surface area contributed by atoms with Gasteiger partial charge in [0, 0.05) is 97.4 Å². The Hall–Kier alpha value is -9.21. The molecule has 6 atom stereocenters. The van der Waals surface area contributed by atoms with Gasteiger partial charge in [0.1, 0.15) is 30.2 Å². The zero-order chi connectivity index (χ0) is 74.8. The highest BCUT2D eigenvalue weighted by atomic mass is 16.4. The summed E-state index contributed by atoms with van der Waals surface area (Å²) in [6.07, 6.45) is 1.77. The van der Waals surface area contributed by atoms with E-state index in [0.717, 1.165) is 28.3 Å². The van der Waals surface area contributed by atoms with Gasteiger partial charge in [-0.15, -0.1) is 0 Å². The van der Waals surface area contributed by atoms with E-state index in [-0.39, 0.29) is 129 Å². The van der Waals surface area contributed by atoms with Crippen molar-refractivity contribution in [2.75, 3.05) is 105 Å². The highest BCUT2D eigenvalue weighted by molar-refractivity contribution is 5.93. The minimum absolute atomic E-state index is 0.0885. The number of amides is 6. The zero-order valence-electron chi connectivity index (χ0n) is 58.3. The lowest BCUT2D eigenvalue weighted by Gasteiger charge is -2.33. The lowest BCUT2D eigenvalue weighted by molar-refractivity contribution is -0.142. The van der Waals surface area contributed by atoms with Gasteiger partial charge in [-0.05, 0) is 110 Å². The summed E-state index contributed by atoms with van der Waals surface area (Å²) in [7, 11) is 0. The fraction of sp³-hybridized carbons (Fsp3) is 0.586. The Bertz CT molecular complexity index is 3280. The van der Waals surface area contributed by atoms with Crippen LogP contribution in [-0.4, -0.2) is 268 Å². The Kier molecular flexibility index (Phi) is 35.6. The molecule has 6 unspecified atom stereocenters. The Morgan fingerprint density at radius 3 is 1.49 bits per heavy atom. The molecule has 3 aromatic rings. The van der Waals surface area contributed by atoms with Gasteiger partial charge in [0.15, 0.2) is 0 Å². The van der Waals surface area contributed by atoms with Crippen LogP contribution >= 0.6 is 0 Å². The molecule has 0 spiro atoms. The van der Waals surface area contributed by atoms with Gasteiger partial charge in [-0.3, -0.25) is 92.6 Å². The van der Waals surface area contributed by atoms with E-state index in [1.54, 1.807) is 38.7 Å². The average Bonchev–Trinajstić information content (AvgIpc) is 0.838. The third-order valence-electron chi connectivity index (χ3n) is 18.1. The Morgan fingerprint density at radius 1 is 0.451 bits per heavy atom. The smallest absolute Gasteiger partial charge is 0.320 e. The van der Waals surface area contributed by atoms with Crippen molar-refractivity contribution in [2.45, 2.75) is 140 Å². The number of nitrogens with one attached hydrogen (secondary N) is 8. The molecule has 0 radical (unpaired) electrons. The largest absolute Gasteiger partial charge is 0.481 e. The number of hydrogen-bond donors (Lipinski definition) is 15. The van der Waals surface area contributed by atoms with Crippen LogP contribution in [0.1, 0.15) is 114 Å². The monoisotopic (exact) mass is 1430 g/mol.